The average Bonchev–Trinajstić information content (AvgIpc) is 3.28. The van der Waals surface area contributed by atoms with E-state index in [4.69, 9.17) is 0 Å². The van der Waals surface area contributed by atoms with Crippen LogP contribution in [0.3, 0.4) is 0 Å². The Morgan fingerprint density at radius 1 is 1.07 bits per heavy atom. The Morgan fingerprint density at radius 2 is 1.86 bits per heavy atom. The maximum Gasteiger partial charge on any atom is 0.222 e. The Morgan fingerprint density at radius 3 is 2.59 bits per heavy atom. The van der Waals surface area contributed by atoms with E-state index in [1.54, 1.807) is 6.92 Å². The molecule has 0 spiro atoms. The first-order valence-corrected chi connectivity index (χ1v) is 10.9. The predicted octanol–water partition coefficient (Wildman–Crippen LogP) is 2.46. The van der Waals surface area contributed by atoms with Gasteiger partial charge in [-0.1, -0.05) is 30.3 Å². The van der Waals surface area contributed by atoms with Crippen LogP contribution in [0.1, 0.15) is 50.6 Å². The van der Waals surface area contributed by atoms with Crippen LogP contribution in [0.2, 0.25) is 0 Å². The van der Waals surface area contributed by atoms with Gasteiger partial charge in [-0.3, -0.25) is 14.4 Å². The van der Waals surface area contributed by atoms with Crippen molar-refractivity contribution < 1.29 is 14.4 Å². The number of amides is 3. The summed E-state index contributed by atoms with van der Waals surface area (Å²) in [5, 5.41) is 0. The standard InChI is InChI=1S/C23H31N3O3/c1-17(27)26-15-19-14-25(16-20(19)23(26)18-8-3-2-4-9-18)22(29)11-7-13-24-12-6-5-10-21(24)28/h2-4,8-9,19-20,23H,5-7,10-16H2,1H3/t19-,20-,23+/m1/s1. The highest BCUT2D eigenvalue weighted by Gasteiger charge is 2.49. The van der Waals surface area contributed by atoms with Gasteiger partial charge in [0.15, 0.2) is 0 Å². The first-order chi connectivity index (χ1) is 14.0. The lowest BCUT2D eigenvalue weighted by atomic mass is 9.89. The molecule has 3 amide bonds. The van der Waals surface area contributed by atoms with Crippen molar-refractivity contribution in [2.75, 3.05) is 32.7 Å². The van der Waals surface area contributed by atoms with Crippen molar-refractivity contribution >= 4 is 17.7 Å². The number of fused-ring (bicyclic) bond motifs is 1. The first-order valence-electron chi connectivity index (χ1n) is 10.9. The minimum absolute atomic E-state index is 0.0578. The molecule has 29 heavy (non-hydrogen) atoms. The molecular formula is C23H31N3O3. The molecule has 0 N–H and O–H groups in total. The Bertz CT molecular complexity index is 766. The molecule has 3 atom stereocenters. The van der Waals surface area contributed by atoms with Gasteiger partial charge in [-0.05, 0) is 24.8 Å². The Kier molecular flexibility index (Phi) is 5.88. The number of hydrogen-bond donors (Lipinski definition) is 0. The highest BCUT2D eigenvalue weighted by Crippen LogP contribution is 2.45. The van der Waals surface area contributed by atoms with Gasteiger partial charge in [0.25, 0.3) is 0 Å². The van der Waals surface area contributed by atoms with Crippen molar-refractivity contribution in [3.8, 4) is 0 Å². The fourth-order valence-corrected chi connectivity index (χ4v) is 5.33. The molecule has 4 rings (SSSR count). The van der Waals surface area contributed by atoms with Gasteiger partial charge in [-0.2, -0.15) is 0 Å². The van der Waals surface area contributed by atoms with E-state index in [9.17, 15) is 14.4 Å². The van der Waals surface area contributed by atoms with Crippen molar-refractivity contribution in [2.45, 2.75) is 45.1 Å². The van der Waals surface area contributed by atoms with Crippen molar-refractivity contribution in [1.29, 1.82) is 0 Å². The molecule has 0 radical (unpaired) electrons. The van der Waals surface area contributed by atoms with Gasteiger partial charge in [0, 0.05) is 64.3 Å². The van der Waals surface area contributed by atoms with Crippen LogP contribution in [0.5, 0.6) is 0 Å². The number of benzene rings is 1. The smallest absolute Gasteiger partial charge is 0.222 e. The number of hydrogen-bond acceptors (Lipinski definition) is 3. The molecule has 3 saturated heterocycles. The summed E-state index contributed by atoms with van der Waals surface area (Å²) in [5.74, 6) is 1.17. The van der Waals surface area contributed by atoms with Gasteiger partial charge in [0.1, 0.15) is 0 Å². The quantitative estimate of drug-likeness (QED) is 0.767. The summed E-state index contributed by atoms with van der Waals surface area (Å²) in [7, 11) is 0. The SMILES string of the molecule is CC(=O)N1C[C@H]2CN(C(=O)CCCN3CCCCC3=O)C[C@H]2[C@@H]1c1ccccc1. The van der Waals surface area contributed by atoms with Gasteiger partial charge in [0.2, 0.25) is 17.7 Å². The number of carbonyl (C=O) groups is 3. The molecule has 1 aromatic carbocycles. The van der Waals surface area contributed by atoms with Gasteiger partial charge >= 0.3 is 0 Å². The monoisotopic (exact) mass is 397 g/mol. The fraction of sp³-hybridized carbons (Fsp3) is 0.609. The van der Waals surface area contributed by atoms with E-state index in [0.717, 1.165) is 51.0 Å². The summed E-state index contributed by atoms with van der Waals surface area (Å²) in [6.07, 6.45) is 3.94. The maximum atomic E-state index is 12.8. The number of piperidine rings is 1. The van der Waals surface area contributed by atoms with E-state index in [0.29, 0.717) is 31.2 Å². The van der Waals surface area contributed by atoms with Gasteiger partial charge in [0.05, 0.1) is 6.04 Å². The summed E-state index contributed by atoms with van der Waals surface area (Å²) in [4.78, 5) is 42.8. The molecule has 3 aliphatic heterocycles. The van der Waals surface area contributed by atoms with E-state index >= 15 is 0 Å². The average molecular weight is 398 g/mol. The van der Waals surface area contributed by atoms with E-state index < -0.39 is 0 Å². The Balaban J connectivity index is 1.35. The van der Waals surface area contributed by atoms with Crippen LogP contribution in [0.4, 0.5) is 0 Å². The summed E-state index contributed by atoms with van der Waals surface area (Å²) < 4.78 is 0. The zero-order chi connectivity index (χ0) is 20.4. The Hall–Kier alpha value is -2.37. The predicted molar refractivity (Wildman–Crippen MR) is 110 cm³/mol. The fourth-order valence-electron chi connectivity index (χ4n) is 5.33. The first kappa shape index (κ1) is 19.9. The van der Waals surface area contributed by atoms with Crippen molar-refractivity contribution in [3.05, 3.63) is 35.9 Å². The maximum absolute atomic E-state index is 12.8. The second-order valence-electron chi connectivity index (χ2n) is 8.69. The molecule has 156 valence electrons. The van der Waals surface area contributed by atoms with Crippen LogP contribution in [0, 0.1) is 11.8 Å². The lowest BCUT2D eigenvalue weighted by molar-refractivity contribution is -0.135. The highest BCUT2D eigenvalue weighted by molar-refractivity contribution is 5.78. The van der Waals surface area contributed by atoms with Crippen LogP contribution in [-0.2, 0) is 14.4 Å². The normalized spacial score (nSPS) is 26.7. The van der Waals surface area contributed by atoms with E-state index in [2.05, 4.69) is 12.1 Å². The third kappa shape index (κ3) is 4.16. The minimum Gasteiger partial charge on any atom is -0.343 e. The van der Waals surface area contributed by atoms with Crippen molar-refractivity contribution in [3.63, 3.8) is 0 Å². The molecule has 0 bridgehead atoms. The van der Waals surface area contributed by atoms with Crippen molar-refractivity contribution in [1.82, 2.24) is 14.7 Å². The zero-order valence-electron chi connectivity index (χ0n) is 17.3. The third-order valence-electron chi connectivity index (χ3n) is 6.80. The number of carbonyl (C=O) groups excluding carboxylic acids is 3. The summed E-state index contributed by atoms with van der Waals surface area (Å²) in [6.45, 7) is 5.35. The molecule has 0 unspecified atom stereocenters. The molecule has 3 aliphatic rings. The van der Waals surface area contributed by atoms with Crippen LogP contribution < -0.4 is 0 Å². The molecule has 6 heteroatoms. The lowest BCUT2D eigenvalue weighted by Gasteiger charge is -2.29. The summed E-state index contributed by atoms with van der Waals surface area (Å²) in [5.41, 5.74) is 1.16. The van der Waals surface area contributed by atoms with Gasteiger partial charge in [-0.25, -0.2) is 0 Å². The van der Waals surface area contributed by atoms with E-state index in [1.165, 1.54) is 0 Å². The lowest BCUT2D eigenvalue weighted by Crippen LogP contribution is -2.38. The van der Waals surface area contributed by atoms with E-state index in [1.807, 2.05) is 32.9 Å². The summed E-state index contributed by atoms with van der Waals surface area (Å²) >= 11 is 0. The molecule has 0 saturated carbocycles. The second kappa shape index (κ2) is 8.56. The zero-order valence-corrected chi connectivity index (χ0v) is 17.3. The molecule has 6 nitrogen and oxygen atoms in total. The topological polar surface area (TPSA) is 60.9 Å². The number of nitrogens with zero attached hydrogens (tertiary/aromatic N) is 3. The largest absolute Gasteiger partial charge is 0.343 e. The molecule has 0 aliphatic carbocycles. The molecule has 1 aromatic rings. The Labute approximate surface area is 172 Å². The van der Waals surface area contributed by atoms with Crippen LogP contribution in [-0.4, -0.2) is 65.1 Å². The van der Waals surface area contributed by atoms with Crippen molar-refractivity contribution in [2.24, 2.45) is 11.8 Å². The third-order valence-corrected chi connectivity index (χ3v) is 6.80. The van der Waals surface area contributed by atoms with Crippen LogP contribution >= 0.6 is 0 Å². The molecule has 0 aromatic heterocycles. The van der Waals surface area contributed by atoms with E-state index in [-0.39, 0.29) is 23.8 Å². The molecule has 3 fully saturated rings. The summed E-state index contributed by atoms with van der Waals surface area (Å²) in [6, 6.07) is 10.3. The number of rotatable bonds is 5. The highest BCUT2D eigenvalue weighted by atomic mass is 16.2. The van der Waals surface area contributed by atoms with Gasteiger partial charge in [-0.15, -0.1) is 0 Å². The van der Waals surface area contributed by atoms with Gasteiger partial charge < -0.3 is 14.7 Å². The van der Waals surface area contributed by atoms with Crippen LogP contribution in [0.15, 0.2) is 30.3 Å². The second-order valence-corrected chi connectivity index (χ2v) is 8.69. The number of likely N-dealkylation sites (tertiary alicyclic amines) is 3. The van der Waals surface area contributed by atoms with Crippen LogP contribution in [0.25, 0.3) is 0 Å². The molecular weight excluding hydrogens is 366 g/mol. The molecule has 3 heterocycles. The minimum atomic E-state index is 0.0578.